The predicted octanol–water partition coefficient (Wildman–Crippen LogP) is 3.88. The molecule has 144 valence electrons. The van der Waals surface area contributed by atoms with E-state index in [2.05, 4.69) is 27.4 Å². The van der Waals surface area contributed by atoms with Gasteiger partial charge in [-0.15, -0.1) is 0 Å². The number of carbonyl (C=O) groups is 1. The van der Waals surface area contributed by atoms with Gasteiger partial charge in [-0.1, -0.05) is 42.5 Å². The van der Waals surface area contributed by atoms with Crippen molar-refractivity contribution >= 4 is 11.9 Å². The number of halogens is 1. The smallest absolute Gasteiger partial charge is 0.270 e. The molecule has 0 aliphatic heterocycles. The van der Waals surface area contributed by atoms with Crippen molar-refractivity contribution in [3.63, 3.8) is 0 Å². The van der Waals surface area contributed by atoms with E-state index >= 15 is 0 Å². The lowest BCUT2D eigenvalue weighted by Gasteiger charge is -2.21. The maximum absolute atomic E-state index is 13.0. The van der Waals surface area contributed by atoms with Gasteiger partial charge in [-0.3, -0.25) is 4.79 Å². The Morgan fingerprint density at radius 3 is 2.43 bits per heavy atom. The lowest BCUT2D eigenvalue weighted by molar-refractivity contribution is 0.0945. The maximum atomic E-state index is 13.0. The van der Waals surface area contributed by atoms with Crippen LogP contribution in [0.25, 0.3) is 0 Å². The largest absolute Gasteiger partial charge is 0.347 e. The van der Waals surface area contributed by atoms with Gasteiger partial charge in [0.15, 0.2) is 0 Å². The minimum Gasteiger partial charge on any atom is -0.347 e. The van der Waals surface area contributed by atoms with Crippen molar-refractivity contribution in [2.24, 2.45) is 0 Å². The van der Waals surface area contributed by atoms with Gasteiger partial charge in [0.05, 0.1) is 0 Å². The summed E-state index contributed by atoms with van der Waals surface area (Å²) < 4.78 is 13.0. The van der Waals surface area contributed by atoms with Crippen LogP contribution in [0.2, 0.25) is 0 Å². The monoisotopic (exact) mass is 378 g/mol. The number of anilines is 1. The number of nitrogens with one attached hydrogen (secondary N) is 1. The maximum Gasteiger partial charge on any atom is 0.270 e. The Morgan fingerprint density at radius 1 is 1.04 bits per heavy atom. The quantitative estimate of drug-likeness (QED) is 0.678. The van der Waals surface area contributed by atoms with Crippen LogP contribution in [0.15, 0.2) is 60.7 Å². The summed E-state index contributed by atoms with van der Waals surface area (Å²) in [7, 11) is 0. The first-order valence-corrected chi connectivity index (χ1v) is 9.22. The Morgan fingerprint density at radius 2 is 1.75 bits per heavy atom. The molecule has 0 fully saturated rings. The minimum absolute atomic E-state index is 0.285. The summed E-state index contributed by atoms with van der Waals surface area (Å²) in [6, 6.07) is 17.8. The van der Waals surface area contributed by atoms with Gasteiger partial charge < -0.3 is 10.2 Å². The van der Waals surface area contributed by atoms with Crippen molar-refractivity contribution in [3.05, 3.63) is 89.0 Å². The number of nitrogens with zero attached hydrogens (tertiary/aromatic N) is 3. The van der Waals surface area contributed by atoms with E-state index in [4.69, 9.17) is 0 Å². The van der Waals surface area contributed by atoms with E-state index in [1.165, 1.54) is 12.1 Å². The van der Waals surface area contributed by atoms with Crippen LogP contribution in [0.3, 0.4) is 0 Å². The van der Waals surface area contributed by atoms with Crippen LogP contribution < -0.4 is 10.2 Å². The molecule has 0 spiro atoms. The Labute approximate surface area is 164 Å². The number of hydrogen-bond acceptors (Lipinski definition) is 4. The Balaban J connectivity index is 1.73. The van der Waals surface area contributed by atoms with E-state index in [-0.39, 0.29) is 11.7 Å². The van der Waals surface area contributed by atoms with Gasteiger partial charge in [0.1, 0.15) is 11.5 Å². The number of rotatable bonds is 7. The molecule has 5 nitrogen and oxygen atoms in total. The van der Waals surface area contributed by atoms with Crippen LogP contribution in [0.1, 0.15) is 34.2 Å². The van der Waals surface area contributed by atoms with E-state index in [0.29, 0.717) is 24.7 Å². The van der Waals surface area contributed by atoms with E-state index in [0.717, 1.165) is 23.4 Å². The zero-order chi connectivity index (χ0) is 19.9. The van der Waals surface area contributed by atoms with Crippen molar-refractivity contribution in [2.75, 3.05) is 11.4 Å². The summed E-state index contributed by atoms with van der Waals surface area (Å²) in [5.74, 6) is -0.0608. The summed E-state index contributed by atoms with van der Waals surface area (Å²) in [6.07, 6.45) is 0. The molecule has 3 rings (SSSR count). The highest BCUT2D eigenvalue weighted by molar-refractivity contribution is 5.92. The highest BCUT2D eigenvalue weighted by atomic mass is 19.1. The fourth-order valence-corrected chi connectivity index (χ4v) is 2.81. The molecule has 0 radical (unpaired) electrons. The normalized spacial score (nSPS) is 10.5. The second-order valence-electron chi connectivity index (χ2n) is 6.50. The molecule has 0 unspecified atom stereocenters. The molecule has 2 aromatic carbocycles. The van der Waals surface area contributed by atoms with Crippen LogP contribution in [-0.2, 0) is 13.1 Å². The average Bonchev–Trinajstić information content (AvgIpc) is 2.71. The number of amides is 1. The van der Waals surface area contributed by atoms with E-state index < -0.39 is 0 Å². The third-order valence-corrected chi connectivity index (χ3v) is 4.32. The lowest BCUT2D eigenvalue weighted by atomic mass is 10.2. The molecule has 1 N–H and O–H groups in total. The highest BCUT2D eigenvalue weighted by Gasteiger charge is 2.14. The van der Waals surface area contributed by atoms with Crippen molar-refractivity contribution < 1.29 is 9.18 Å². The molecule has 0 aliphatic carbocycles. The van der Waals surface area contributed by atoms with Gasteiger partial charge in [0.25, 0.3) is 5.91 Å². The second kappa shape index (κ2) is 9.08. The van der Waals surface area contributed by atoms with Crippen LogP contribution in [0.4, 0.5) is 10.3 Å². The molecule has 1 aromatic heterocycles. The summed E-state index contributed by atoms with van der Waals surface area (Å²) in [5.41, 5.74) is 3.01. The standard InChI is InChI=1S/C22H23FN4O/c1-3-27(15-18-7-5-4-6-8-18)22-25-16(2)13-20(26-22)21(28)24-14-17-9-11-19(23)12-10-17/h4-13H,3,14-15H2,1-2H3,(H,24,28). The number of aryl methyl sites for hydroxylation is 1. The Bertz CT molecular complexity index is 929. The summed E-state index contributed by atoms with van der Waals surface area (Å²) >= 11 is 0. The number of aromatic nitrogens is 2. The molecule has 0 saturated carbocycles. The van der Waals surface area contributed by atoms with Crippen molar-refractivity contribution in [1.82, 2.24) is 15.3 Å². The fraction of sp³-hybridized carbons (Fsp3) is 0.227. The van der Waals surface area contributed by atoms with Gasteiger partial charge in [0.2, 0.25) is 5.95 Å². The van der Waals surface area contributed by atoms with Crippen LogP contribution in [0, 0.1) is 12.7 Å². The predicted molar refractivity (Wildman–Crippen MR) is 108 cm³/mol. The molecule has 1 heterocycles. The molecule has 0 saturated heterocycles. The third-order valence-electron chi connectivity index (χ3n) is 4.32. The average molecular weight is 378 g/mol. The molecule has 0 aliphatic rings. The first-order valence-electron chi connectivity index (χ1n) is 9.22. The summed E-state index contributed by atoms with van der Waals surface area (Å²) in [4.78, 5) is 23.6. The second-order valence-corrected chi connectivity index (χ2v) is 6.50. The van der Waals surface area contributed by atoms with E-state index in [1.807, 2.05) is 36.9 Å². The lowest BCUT2D eigenvalue weighted by Crippen LogP contribution is -2.28. The number of benzene rings is 2. The molecule has 0 bridgehead atoms. The summed E-state index contributed by atoms with van der Waals surface area (Å²) in [6.45, 7) is 5.56. The van der Waals surface area contributed by atoms with Crippen molar-refractivity contribution in [3.8, 4) is 0 Å². The molecule has 0 atom stereocenters. The Hall–Kier alpha value is -3.28. The molecule has 28 heavy (non-hydrogen) atoms. The van der Waals surface area contributed by atoms with E-state index in [9.17, 15) is 9.18 Å². The van der Waals surface area contributed by atoms with Gasteiger partial charge >= 0.3 is 0 Å². The van der Waals surface area contributed by atoms with Crippen LogP contribution in [-0.4, -0.2) is 22.4 Å². The topological polar surface area (TPSA) is 58.1 Å². The number of carbonyl (C=O) groups excluding carboxylic acids is 1. The molecule has 6 heteroatoms. The van der Waals surface area contributed by atoms with Gasteiger partial charge in [-0.25, -0.2) is 14.4 Å². The first-order chi connectivity index (χ1) is 13.5. The molecule has 3 aromatic rings. The molecular weight excluding hydrogens is 355 g/mol. The molecular formula is C22H23FN4O. The zero-order valence-electron chi connectivity index (χ0n) is 16.0. The minimum atomic E-state index is -0.302. The Kier molecular flexibility index (Phi) is 6.32. The zero-order valence-corrected chi connectivity index (χ0v) is 16.0. The first kappa shape index (κ1) is 19.5. The molecule has 1 amide bonds. The van der Waals surface area contributed by atoms with Crippen molar-refractivity contribution in [2.45, 2.75) is 26.9 Å². The van der Waals surface area contributed by atoms with Gasteiger partial charge in [-0.05, 0) is 43.2 Å². The van der Waals surface area contributed by atoms with Gasteiger partial charge in [0, 0.05) is 25.3 Å². The SMILES string of the molecule is CCN(Cc1ccccc1)c1nc(C)cc(C(=O)NCc2ccc(F)cc2)n1. The third kappa shape index (κ3) is 5.13. The summed E-state index contributed by atoms with van der Waals surface area (Å²) in [5, 5.41) is 2.83. The fourth-order valence-electron chi connectivity index (χ4n) is 2.81. The number of hydrogen-bond donors (Lipinski definition) is 1. The highest BCUT2D eigenvalue weighted by Crippen LogP contribution is 2.14. The van der Waals surface area contributed by atoms with Crippen LogP contribution in [0.5, 0.6) is 0 Å². The van der Waals surface area contributed by atoms with Crippen molar-refractivity contribution in [1.29, 1.82) is 0 Å². The van der Waals surface area contributed by atoms with Crippen LogP contribution >= 0.6 is 0 Å². The van der Waals surface area contributed by atoms with Gasteiger partial charge in [-0.2, -0.15) is 0 Å². The van der Waals surface area contributed by atoms with E-state index in [1.54, 1.807) is 18.2 Å².